The molecule has 0 aliphatic heterocycles. The van der Waals surface area contributed by atoms with Gasteiger partial charge >= 0.3 is 0 Å². The molecule has 4 rings (SSSR count). The van der Waals surface area contributed by atoms with Crippen molar-refractivity contribution in [3.63, 3.8) is 0 Å². The summed E-state index contributed by atoms with van der Waals surface area (Å²) in [4.78, 5) is 11.4. The fourth-order valence-corrected chi connectivity index (χ4v) is 9.33. The second kappa shape index (κ2) is 16.1. The van der Waals surface area contributed by atoms with Gasteiger partial charge in [-0.25, -0.2) is 4.39 Å². The fourth-order valence-electron chi connectivity index (χ4n) is 9.33. The van der Waals surface area contributed by atoms with Gasteiger partial charge in [0.2, 0.25) is 0 Å². The van der Waals surface area contributed by atoms with Gasteiger partial charge in [0.25, 0.3) is 0 Å². The first-order chi connectivity index (χ1) is 18.0. The van der Waals surface area contributed by atoms with Crippen molar-refractivity contribution in [3.05, 3.63) is 0 Å². The van der Waals surface area contributed by atoms with Crippen molar-refractivity contribution in [2.45, 2.75) is 164 Å². The minimum Gasteiger partial charge on any atom is -0.323 e. The van der Waals surface area contributed by atoms with Crippen LogP contribution < -0.4 is 10.6 Å². The average Bonchev–Trinajstić information content (AvgIpc) is 3.18. The Bertz CT molecular complexity index is 681. The van der Waals surface area contributed by atoms with Gasteiger partial charge in [-0.2, -0.15) is 0 Å². The van der Waals surface area contributed by atoms with E-state index in [2.05, 4.69) is 52.2 Å². The summed E-state index contributed by atoms with van der Waals surface area (Å²) in [5.41, 5.74) is 0.225. The van der Waals surface area contributed by atoms with Crippen LogP contribution in [0.15, 0.2) is 0 Å². The summed E-state index contributed by atoms with van der Waals surface area (Å²) in [7, 11) is 3.75. The lowest BCUT2D eigenvalue weighted by molar-refractivity contribution is -0.158. The summed E-state index contributed by atoms with van der Waals surface area (Å²) < 4.78 is 15.7. The summed E-state index contributed by atoms with van der Waals surface area (Å²) in [5, 5.41) is 6.58. The third-order valence-corrected chi connectivity index (χ3v) is 10.7. The molecule has 0 saturated heterocycles. The van der Waals surface area contributed by atoms with E-state index in [1.165, 1.54) is 51.4 Å². The number of hydrogen-bond acceptors (Lipinski definition) is 3. The Kier molecular flexibility index (Phi) is 15.0. The van der Waals surface area contributed by atoms with Gasteiger partial charge in [0.05, 0.1) is 5.54 Å². The molecule has 0 aromatic carbocycles. The van der Waals surface area contributed by atoms with Crippen LogP contribution >= 0.6 is 0 Å². The normalized spacial score (nSPS) is 39.1. The van der Waals surface area contributed by atoms with E-state index in [-0.39, 0.29) is 11.0 Å². The first-order valence-electron chi connectivity index (χ1n) is 16.5. The number of hydrogen-bond donors (Lipinski definition) is 2. The van der Waals surface area contributed by atoms with E-state index in [1.54, 1.807) is 6.92 Å². The summed E-state index contributed by atoms with van der Waals surface area (Å²) in [6.45, 7) is 19.4. The van der Waals surface area contributed by atoms with Crippen LogP contribution in [0.4, 0.5) is 4.39 Å². The molecular weight excluding hydrogens is 471 g/mol. The molecule has 3 nitrogen and oxygen atoms in total. The van der Waals surface area contributed by atoms with Crippen molar-refractivity contribution in [1.29, 1.82) is 0 Å². The first-order valence-corrected chi connectivity index (χ1v) is 16.5. The van der Waals surface area contributed by atoms with Gasteiger partial charge in [0.15, 0.2) is 0 Å². The summed E-state index contributed by atoms with van der Waals surface area (Å²) >= 11 is 0. The molecule has 8 unspecified atom stereocenters. The molecule has 4 fully saturated rings. The topological polar surface area (TPSA) is 41.1 Å². The van der Waals surface area contributed by atoms with Gasteiger partial charge in [-0.1, -0.05) is 61.8 Å². The molecule has 226 valence electrons. The predicted octanol–water partition coefficient (Wildman–Crippen LogP) is 9.14. The van der Waals surface area contributed by atoms with E-state index in [9.17, 15) is 4.79 Å². The second-order valence-corrected chi connectivity index (χ2v) is 13.6. The Morgan fingerprint density at radius 2 is 1.55 bits per heavy atom. The van der Waals surface area contributed by atoms with Crippen LogP contribution in [0.25, 0.3) is 0 Å². The van der Waals surface area contributed by atoms with Crippen LogP contribution in [0.3, 0.4) is 0 Å². The number of Topliss-reactive ketones (excluding diaryl/α,β-unsaturated/α-hetero) is 1. The lowest BCUT2D eigenvalue weighted by atomic mass is 9.42. The highest BCUT2D eigenvalue weighted by atomic mass is 19.1. The number of ketones is 1. The van der Waals surface area contributed by atoms with Crippen LogP contribution in [-0.4, -0.2) is 37.6 Å². The molecule has 2 N–H and O–H groups in total. The molecule has 38 heavy (non-hydrogen) atoms. The van der Waals surface area contributed by atoms with E-state index in [0.29, 0.717) is 23.2 Å². The Balaban J connectivity index is 0.000000811. The summed E-state index contributed by atoms with van der Waals surface area (Å²) in [6.07, 6.45) is 14.1. The zero-order valence-corrected chi connectivity index (χ0v) is 27.4. The zero-order valence-electron chi connectivity index (χ0n) is 27.4. The third-order valence-electron chi connectivity index (χ3n) is 10.7. The number of alkyl halides is 1. The number of carbonyl (C=O) groups is 1. The molecule has 0 spiro atoms. The molecule has 0 aromatic heterocycles. The monoisotopic (exact) mass is 539 g/mol. The quantitative estimate of drug-likeness (QED) is 0.354. The SMILES string of the molecule is CC.CC(=O)CCCC1CCC2C3CCC4(NC(C)C)C(F)CCCC4(C)C3CCC12C.CCC.CNC. The lowest BCUT2D eigenvalue weighted by Crippen LogP contribution is -2.72. The molecular formula is C34H67FN2O. The standard InChI is InChI=1S/C27H46FNO.C3H8.C2H7N.C2H6/c1-18(2)29-27-17-13-21-22-12-11-20(9-6-8-19(3)30)25(22,4)16-14-23(21)26(27,5)15-7-10-24(27)28;2*1-3-2;1-2/h18,20-24,29H,6-17H2,1-5H3;3H2,1-2H3;3H,1-2H3;1-2H3. The molecule has 8 atom stereocenters. The minimum absolute atomic E-state index is 0.0892. The Morgan fingerprint density at radius 1 is 0.947 bits per heavy atom. The predicted molar refractivity (Wildman–Crippen MR) is 164 cm³/mol. The summed E-state index contributed by atoms with van der Waals surface area (Å²) in [5.74, 6) is 3.39. The van der Waals surface area contributed by atoms with E-state index in [4.69, 9.17) is 0 Å². The molecule has 0 radical (unpaired) electrons. The van der Waals surface area contributed by atoms with Crippen molar-refractivity contribution in [2.24, 2.45) is 34.5 Å². The molecule has 0 bridgehead atoms. The molecule has 4 aliphatic rings. The van der Waals surface area contributed by atoms with Crippen LogP contribution in [-0.2, 0) is 4.79 Å². The maximum Gasteiger partial charge on any atom is 0.129 e. The van der Waals surface area contributed by atoms with Crippen molar-refractivity contribution in [2.75, 3.05) is 14.1 Å². The van der Waals surface area contributed by atoms with Crippen molar-refractivity contribution in [1.82, 2.24) is 10.6 Å². The lowest BCUT2D eigenvalue weighted by Gasteiger charge is -2.66. The van der Waals surface area contributed by atoms with Gasteiger partial charge in [-0.3, -0.25) is 0 Å². The highest BCUT2D eigenvalue weighted by molar-refractivity contribution is 5.75. The molecule has 4 saturated carbocycles. The van der Waals surface area contributed by atoms with E-state index in [0.717, 1.165) is 49.9 Å². The molecule has 4 heteroatoms. The molecule has 0 heterocycles. The maximum absolute atomic E-state index is 15.7. The second-order valence-electron chi connectivity index (χ2n) is 13.6. The van der Waals surface area contributed by atoms with Crippen LogP contribution in [0, 0.1) is 34.5 Å². The Morgan fingerprint density at radius 3 is 2.11 bits per heavy atom. The van der Waals surface area contributed by atoms with Crippen molar-refractivity contribution < 1.29 is 9.18 Å². The summed E-state index contributed by atoms with van der Waals surface area (Å²) in [6, 6.07) is 0.336. The van der Waals surface area contributed by atoms with Gasteiger partial charge in [-0.05, 0) is 126 Å². The highest BCUT2D eigenvalue weighted by Gasteiger charge is 2.66. The minimum atomic E-state index is -0.698. The Hall–Kier alpha value is -0.480. The highest BCUT2D eigenvalue weighted by Crippen LogP contribution is 2.69. The van der Waals surface area contributed by atoms with Gasteiger partial charge in [0, 0.05) is 12.5 Å². The first kappa shape index (κ1) is 35.5. The third kappa shape index (κ3) is 7.42. The van der Waals surface area contributed by atoms with E-state index < -0.39 is 6.17 Å². The fraction of sp³-hybridized carbons (Fsp3) is 0.971. The van der Waals surface area contributed by atoms with E-state index in [1.807, 2.05) is 27.9 Å². The van der Waals surface area contributed by atoms with Crippen molar-refractivity contribution in [3.8, 4) is 0 Å². The molecule has 0 aromatic rings. The number of rotatable bonds is 6. The number of carbonyl (C=O) groups excluding carboxylic acids is 1. The van der Waals surface area contributed by atoms with Crippen LogP contribution in [0.5, 0.6) is 0 Å². The van der Waals surface area contributed by atoms with Crippen LogP contribution in [0.1, 0.15) is 146 Å². The van der Waals surface area contributed by atoms with Crippen LogP contribution in [0.2, 0.25) is 0 Å². The average molecular weight is 539 g/mol. The van der Waals surface area contributed by atoms with Gasteiger partial charge in [0.1, 0.15) is 12.0 Å². The maximum atomic E-state index is 15.7. The molecule has 4 aliphatic carbocycles. The number of halogens is 1. The van der Waals surface area contributed by atoms with E-state index >= 15 is 4.39 Å². The Labute approximate surface area is 237 Å². The van der Waals surface area contributed by atoms with Gasteiger partial charge in [-0.15, -0.1) is 0 Å². The van der Waals surface area contributed by atoms with Gasteiger partial charge < -0.3 is 15.4 Å². The number of nitrogens with one attached hydrogen (secondary N) is 2. The largest absolute Gasteiger partial charge is 0.323 e. The number of fused-ring (bicyclic) bond motifs is 5. The van der Waals surface area contributed by atoms with Crippen molar-refractivity contribution >= 4 is 5.78 Å². The zero-order chi connectivity index (χ0) is 29.1. The molecule has 0 amide bonds. The smallest absolute Gasteiger partial charge is 0.129 e.